The summed E-state index contributed by atoms with van der Waals surface area (Å²) >= 11 is 0. The Bertz CT molecular complexity index is 1360. The van der Waals surface area contributed by atoms with Crippen LogP contribution in [0.2, 0.25) is 0 Å². The van der Waals surface area contributed by atoms with E-state index in [2.05, 4.69) is 26.8 Å². The van der Waals surface area contributed by atoms with E-state index in [1.807, 2.05) is 82.3 Å². The molecular formula is C25H24N6O2. The molecule has 0 atom stereocenters. The molecule has 8 nitrogen and oxygen atoms in total. The number of pyridine rings is 1. The van der Waals surface area contributed by atoms with Crippen LogP contribution in [0.15, 0.2) is 60.7 Å². The zero-order valence-electron chi connectivity index (χ0n) is 18.9. The Morgan fingerprint density at radius 2 is 1.79 bits per heavy atom. The quantitative estimate of drug-likeness (QED) is 0.424. The molecule has 0 bridgehead atoms. The van der Waals surface area contributed by atoms with E-state index in [-0.39, 0.29) is 0 Å². The Hall–Kier alpha value is -4.38. The van der Waals surface area contributed by atoms with Crippen molar-refractivity contribution in [1.29, 1.82) is 5.26 Å². The van der Waals surface area contributed by atoms with Crippen LogP contribution in [0.1, 0.15) is 32.0 Å². The highest BCUT2D eigenvalue weighted by atomic mass is 16.6. The molecular weight excluding hydrogens is 416 g/mol. The van der Waals surface area contributed by atoms with Crippen molar-refractivity contribution >= 4 is 29.1 Å². The molecule has 0 saturated heterocycles. The molecule has 2 aromatic heterocycles. The number of amides is 1. The van der Waals surface area contributed by atoms with Crippen molar-refractivity contribution in [2.24, 2.45) is 0 Å². The predicted molar refractivity (Wildman–Crippen MR) is 127 cm³/mol. The fourth-order valence-electron chi connectivity index (χ4n) is 3.39. The third-order valence-corrected chi connectivity index (χ3v) is 4.87. The van der Waals surface area contributed by atoms with Gasteiger partial charge in [0.2, 0.25) is 5.95 Å². The first-order valence-electron chi connectivity index (χ1n) is 10.5. The number of benzene rings is 2. The molecule has 0 spiro atoms. The summed E-state index contributed by atoms with van der Waals surface area (Å²) in [5, 5.41) is 19.7. The van der Waals surface area contributed by atoms with Crippen LogP contribution in [0.25, 0.3) is 16.8 Å². The third-order valence-electron chi connectivity index (χ3n) is 4.87. The number of nitriles is 1. The first kappa shape index (κ1) is 21.8. The number of carbonyl (C=O) groups excluding carboxylic acids is 1. The van der Waals surface area contributed by atoms with Gasteiger partial charge in [-0.2, -0.15) is 10.2 Å². The standard InChI is InChI=1S/C25H24N6O2/c1-16-20(17-9-11-19(12-10-17)27-24(32)33-25(2,3)4)13-14-22-29-23(30-31(16)22)28-21-8-6-5-7-18(21)15-26/h5-14H,1-4H3,(H,27,32)(H,28,30). The summed E-state index contributed by atoms with van der Waals surface area (Å²) in [5.41, 5.74) is 4.83. The maximum absolute atomic E-state index is 12.0. The van der Waals surface area contributed by atoms with Crippen LogP contribution in [0.4, 0.5) is 22.1 Å². The van der Waals surface area contributed by atoms with Crippen LogP contribution in [-0.2, 0) is 4.74 Å². The van der Waals surface area contributed by atoms with Gasteiger partial charge in [-0.25, -0.2) is 9.31 Å². The summed E-state index contributed by atoms with van der Waals surface area (Å²) in [7, 11) is 0. The lowest BCUT2D eigenvalue weighted by molar-refractivity contribution is 0.0636. The average molecular weight is 441 g/mol. The van der Waals surface area contributed by atoms with E-state index in [0.29, 0.717) is 28.5 Å². The Labute approximate surface area is 191 Å². The zero-order chi connectivity index (χ0) is 23.6. The van der Waals surface area contributed by atoms with Gasteiger partial charge in [-0.1, -0.05) is 24.3 Å². The molecule has 0 fully saturated rings. The van der Waals surface area contributed by atoms with Crippen molar-refractivity contribution < 1.29 is 9.53 Å². The molecule has 8 heteroatoms. The van der Waals surface area contributed by atoms with E-state index in [1.165, 1.54) is 0 Å². The van der Waals surface area contributed by atoms with E-state index in [1.54, 1.807) is 10.6 Å². The number of fused-ring (bicyclic) bond motifs is 1. The highest BCUT2D eigenvalue weighted by Crippen LogP contribution is 2.27. The molecule has 0 unspecified atom stereocenters. The number of aromatic nitrogens is 3. The second-order valence-corrected chi connectivity index (χ2v) is 8.52. The summed E-state index contributed by atoms with van der Waals surface area (Å²) in [6.45, 7) is 7.43. The Balaban J connectivity index is 1.57. The number of carbonyl (C=O) groups is 1. The van der Waals surface area contributed by atoms with Crippen LogP contribution >= 0.6 is 0 Å². The number of anilines is 3. The Kier molecular flexibility index (Phi) is 5.71. The summed E-state index contributed by atoms with van der Waals surface area (Å²) < 4.78 is 7.05. The molecule has 4 rings (SSSR count). The van der Waals surface area contributed by atoms with Crippen molar-refractivity contribution in [3.8, 4) is 17.2 Å². The normalized spacial score (nSPS) is 11.1. The van der Waals surface area contributed by atoms with Gasteiger partial charge in [0.05, 0.1) is 11.3 Å². The topological polar surface area (TPSA) is 104 Å². The molecule has 1 amide bonds. The highest BCUT2D eigenvalue weighted by molar-refractivity contribution is 5.85. The SMILES string of the molecule is Cc1c(-c2ccc(NC(=O)OC(C)(C)C)cc2)ccc2nc(Nc3ccccc3C#N)nn12. The van der Waals surface area contributed by atoms with Gasteiger partial charge in [0.15, 0.2) is 5.65 Å². The van der Waals surface area contributed by atoms with Crippen LogP contribution < -0.4 is 10.6 Å². The van der Waals surface area contributed by atoms with Crippen molar-refractivity contribution in [2.45, 2.75) is 33.3 Å². The van der Waals surface area contributed by atoms with Crippen LogP contribution in [-0.4, -0.2) is 26.3 Å². The molecule has 166 valence electrons. The Morgan fingerprint density at radius 1 is 1.06 bits per heavy atom. The number of nitrogens with zero attached hydrogens (tertiary/aromatic N) is 4. The number of ether oxygens (including phenoxy) is 1. The number of nitrogens with one attached hydrogen (secondary N) is 2. The lowest BCUT2D eigenvalue weighted by Crippen LogP contribution is -2.27. The minimum Gasteiger partial charge on any atom is -0.444 e. The molecule has 2 heterocycles. The molecule has 33 heavy (non-hydrogen) atoms. The number of hydrogen-bond acceptors (Lipinski definition) is 6. The fourth-order valence-corrected chi connectivity index (χ4v) is 3.39. The van der Waals surface area contributed by atoms with Gasteiger partial charge < -0.3 is 10.1 Å². The molecule has 0 aliphatic carbocycles. The maximum atomic E-state index is 12.0. The first-order valence-corrected chi connectivity index (χ1v) is 10.5. The van der Waals surface area contributed by atoms with E-state index >= 15 is 0 Å². The third kappa shape index (κ3) is 4.93. The highest BCUT2D eigenvalue weighted by Gasteiger charge is 2.16. The fraction of sp³-hybridized carbons (Fsp3) is 0.200. The molecule has 0 aliphatic heterocycles. The maximum Gasteiger partial charge on any atom is 0.412 e. The number of rotatable bonds is 4. The van der Waals surface area contributed by atoms with Gasteiger partial charge in [0.1, 0.15) is 11.7 Å². The molecule has 0 radical (unpaired) electrons. The molecule has 0 saturated carbocycles. The summed E-state index contributed by atoms with van der Waals surface area (Å²) in [5.74, 6) is 0.412. The van der Waals surface area contributed by atoms with E-state index in [9.17, 15) is 10.1 Å². The van der Waals surface area contributed by atoms with E-state index < -0.39 is 11.7 Å². The second kappa shape index (κ2) is 8.63. The van der Waals surface area contributed by atoms with Crippen LogP contribution in [0, 0.1) is 18.3 Å². The monoisotopic (exact) mass is 440 g/mol. The minimum atomic E-state index is -0.557. The van der Waals surface area contributed by atoms with Crippen molar-refractivity contribution in [3.63, 3.8) is 0 Å². The molecule has 4 aromatic rings. The van der Waals surface area contributed by atoms with E-state index in [0.717, 1.165) is 16.8 Å². The largest absolute Gasteiger partial charge is 0.444 e. The summed E-state index contributed by atoms with van der Waals surface area (Å²) in [6, 6.07) is 20.8. The van der Waals surface area contributed by atoms with Gasteiger partial charge in [-0.3, -0.25) is 5.32 Å². The zero-order valence-corrected chi connectivity index (χ0v) is 18.9. The van der Waals surface area contributed by atoms with Gasteiger partial charge in [0.25, 0.3) is 0 Å². The molecule has 0 aliphatic rings. The van der Waals surface area contributed by atoms with Crippen LogP contribution in [0.5, 0.6) is 0 Å². The van der Waals surface area contributed by atoms with Gasteiger partial charge in [-0.15, -0.1) is 5.10 Å². The number of hydrogen-bond donors (Lipinski definition) is 2. The van der Waals surface area contributed by atoms with Gasteiger partial charge >= 0.3 is 6.09 Å². The minimum absolute atomic E-state index is 0.412. The second-order valence-electron chi connectivity index (χ2n) is 8.52. The Morgan fingerprint density at radius 3 is 2.48 bits per heavy atom. The molecule has 2 aromatic carbocycles. The predicted octanol–water partition coefficient (Wildman–Crippen LogP) is 5.67. The summed E-state index contributed by atoms with van der Waals surface area (Å²) in [4.78, 5) is 16.5. The van der Waals surface area contributed by atoms with Crippen molar-refractivity contribution in [2.75, 3.05) is 10.6 Å². The number of para-hydroxylation sites is 1. The average Bonchev–Trinajstić information content (AvgIpc) is 3.17. The molecule has 2 N–H and O–H groups in total. The van der Waals surface area contributed by atoms with Gasteiger partial charge in [-0.05, 0) is 69.7 Å². The van der Waals surface area contributed by atoms with Crippen molar-refractivity contribution in [3.05, 3.63) is 71.9 Å². The lowest BCUT2D eigenvalue weighted by atomic mass is 10.0. The number of aryl methyl sites for hydroxylation is 1. The van der Waals surface area contributed by atoms with Gasteiger partial charge in [0, 0.05) is 16.9 Å². The lowest BCUT2D eigenvalue weighted by Gasteiger charge is -2.19. The van der Waals surface area contributed by atoms with Crippen molar-refractivity contribution in [1.82, 2.24) is 14.6 Å². The smallest absolute Gasteiger partial charge is 0.412 e. The summed E-state index contributed by atoms with van der Waals surface area (Å²) in [6.07, 6.45) is -0.492. The van der Waals surface area contributed by atoms with Crippen LogP contribution in [0.3, 0.4) is 0 Å². The van der Waals surface area contributed by atoms with E-state index in [4.69, 9.17) is 4.74 Å². The first-order chi connectivity index (χ1) is 15.7.